The first-order valence-electron chi connectivity index (χ1n) is 8.22. The van der Waals surface area contributed by atoms with Crippen LogP contribution in [-0.4, -0.2) is 60.0 Å². The van der Waals surface area contributed by atoms with E-state index in [1.54, 1.807) is 36.9 Å². The number of aromatic nitrogens is 2. The Morgan fingerprint density at radius 1 is 1.44 bits per heavy atom. The summed E-state index contributed by atoms with van der Waals surface area (Å²) >= 11 is 4.61. The van der Waals surface area contributed by atoms with E-state index in [-0.39, 0.29) is 35.9 Å². The van der Waals surface area contributed by atoms with Gasteiger partial charge in [0.25, 0.3) is 5.91 Å². The van der Waals surface area contributed by atoms with E-state index >= 15 is 0 Å². The van der Waals surface area contributed by atoms with Crippen LogP contribution in [-0.2, 0) is 14.6 Å². The van der Waals surface area contributed by atoms with E-state index in [2.05, 4.69) is 26.3 Å². The lowest BCUT2D eigenvalue weighted by molar-refractivity contribution is -0.116. The van der Waals surface area contributed by atoms with Gasteiger partial charge in [0, 0.05) is 13.1 Å². The number of likely N-dealkylation sites (N-methyl/N-ethyl adjacent to an activating group) is 1. The Morgan fingerprint density at radius 2 is 2.19 bits per heavy atom. The molecule has 0 spiro atoms. The Kier molecular flexibility index (Phi) is 5.73. The fourth-order valence-electron chi connectivity index (χ4n) is 2.94. The standard InChI is InChI=1S/C16H19BrN4O4S2/c1-10-7-14(21(19-10)11-5-6-27(24,25)9-11)18-15(22)8-20(2)16(23)12-3-4-13(17)26-12/h3-4,7,11H,5-6,8-9H2,1-2H3,(H,18,22). The molecule has 1 unspecified atom stereocenters. The lowest BCUT2D eigenvalue weighted by Gasteiger charge is -2.17. The second kappa shape index (κ2) is 7.72. The van der Waals surface area contributed by atoms with Gasteiger partial charge in [0.15, 0.2) is 9.84 Å². The maximum absolute atomic E-state index is 12.4. The summed E-state index contributed by atoms with van der Waals surface area (Å²) in [6, 6.07) is 4.88. The minimum atomic E-state index is -3.07. The molecular weight excluding hydrogens is 456 g/mol. The van der Waals surface area contributed by atoms with Crippen molar-refractivity contribution in [3.8, 4) is 0 Å². The molecule has 27 heavy (non-hydrogen) atoms. The summed E-state index contributed by atoms with van der Waals surface area (Å²) < 4.78 is 25.9. The number of nitrogens with zero attached hydrogens (tertiary/aromatic N) is 3. The van der Waals surface area contributed by atoms with Crippen LogP contribution in [0.4, 0.5) is 5.82 Å². The number of amides is 2. The first-order valence-corrected chi connectivity index (χ1v) is 11.6. The quantitative estimate of drug-likeness (QED) is 0.714. The number of carbonyl (C=O) groups excluding carboxylic acids is 2. The highest BCUT2D eigenvalue weighted by Gasteiger charge is 2.31. The van der Waals surface area contributed by atoms with Gasteiger partial charge in [-0.05, 0) is 41.4 Å². The van der Waals surface area contributed by atoms with Gasteiger partial charge in [-0.1, -0.05) is 0 Å². The number of rotatable bonds is 5. The molecule has 0 bridgehead atoms. The summed E-state index contributed by atoms with van der Waals surface area (Å²) in [7, 11) is -1.51. The zero-order chi connectivity index (χ0) is 19.8. The maximum Gasteiger partial charge on any atom is 0.264 e. The third-order valence-electron chi connectivity index (χ3n) is 4.19. The lowest BCUT2D eigenvalue weighted by atomic mass is 10.3. The van der Waals surface area contributed by atoms with Crippen molar-refractivity contribution in [3.63, 3.8) is 0 Å². The highest BCUT2D eigenvalue weighted by molar-refractivity contribution is 9.11. The van der Waals surface area contributed by atoms with Crippen LogP contribution in [0.2, 0.25) is 0 Å². The van der Waals surface area contributed by atoms with Gasteiger partial charge in [0.1, 0.15) is 5.82 Å². The molecular formula is C16H19BrN4O4S2. The third-order valence-corrected chi connectivity index (χ3v) is 7.55. The first-order chi connectivity index (χ1) is 12.6. The van der Waals surface area contributed by atoms with Gasteiger partial charge in [-0.15, -0.1) is 11.3 Å². The van der Waals surface area contributed by atoms with Gasteiger partial charge in [-0.25, -0.2) is 13.1 Å². The Hall–Kier alpha value is -1.72. The predicted molar refractivity (Wildman–Crippen MR) is 107 cm³/mol. The van der Waals surface area contributed by atoms with Crippen molar-refractivity contribution in [2.24, 2.45) is 0 Å². The monoisotopic (exact) mass is 474 g/mol. The Labute approximate surface area is 169 Å². The molecule has 0 aromatic carbocycles. The summed E-state index contributed by atoms with van der Waals surface area (Å²) in [5, 5.41) is 7.07. The van der Waals surface area contributed by atoms with Crippen molar-refractivity contribution in [3.05, 3.63) is 32.6 Å². The largest absolute Gasteiger partial charge is 0.332 e. The van der Waals surface area contributed by atoms with E-state index in [1.165, 1.54) is 16.2 Å². The molecule has 0 aliphatic carbocycles. The number of nitrogens with one attached hydrogen (secondary N) is 1. The normalized spacial score (nSPS) is 18.4. The molecule has 146 valence electrons. The van der Waals surface area contributed by atoms with Gasteiger partial charge in [0.05, 0.1) is 38.4 Å². The first kappa shape index (κ1) is 20.0. The Morgan fingerprint density at radius 3 is 2.78 bits per heavy atom. The van der Waals surface area contributed by atoms with Gasteiger partial charge in [-0.3, -0.25) is 9.59 Å². The topological polar surface area (TPSA) is 101 Å². The molecule has 0 saturated carbocycles. The average Bonchev–Trinajstić information content (AvgIpc) is 3.25. The zero-order valence-electron chi connectivity index (χ0n) is 14.8. The number of hydrogen-bond acceptors (Lipinski definition) is 6. The molecule has 1 saturated heterocycles. The van der Waals surface area contributed by atoms with Gasteiger partial charge in [-0.2, -0.15) is 5.10 Å². The van der Waals surface area contributed by atoms with Crippen molar-refractivity contribution in [2.75, 3.05) is 30.4 Å². The molecule has 1 aliphatic rings. The van der Waals surface area contributed by atoms with Crippen molar-refractivity contribution < 1.29 is 18.0 Å². The van der Waals surface area contributed by atoms with Gasteiger partial charge >= 0.3 is 0 Å². The molecule has 2 aromatic heterocycles. The minimum absolute atomic E-state index is 0.0165. The molecule has 1 atom stereocenters. The molecule has 3 heterocycles. The van der Waals surface area contributed by atoms with Gasteiger partial charge in [0.2, 0.25) is 5.91 Å². The lowest BCUT2D eigenvalue weighted by Crippen LogP contribution is -2.35. The minimum Gasteiger partial charge on any atom is -0.332 e. The van der Waals surface area contributed by atoms with Crippen LogP contribution in [0, 0.1) is 6.92 Å². The molecule has 8 nitrogen and oxygen atoms in total. The molecule has 0 radical (unpaired) electrons. The maximum atomic E-state index is 12.4. The van der Waals surface area contributed by atoms with Crippen LogP contribution in [0.1, 0.15) is 27.8 Å². The van der Waals surface area contributed by atoms with E-state index < -0.39 is 9.84 Å². The van der Waals surface area contributed by atoms with E-state index in [4.69, 9.17) is 0 Å². The van der Waals surface area contributed by atoms with Crippen LogP contribution in [0.5, 0.6) is 0 Å². The SMILES string of the molecule is Cc1cc(NC(=O)CN(C)C(=O)c2ccc(Br)s2)n(C2CCS(=O)(=O)C2)n1. The second-order valence-electron chi connectivity index (χ2n) is 6.49. The molecule has 1 fully saturated rings. The fourth-order valence-corrected chi connectivity index (χ4v) is 6.02. The summed E-state index contributed by atoms with van der Waals surface area (Å²) in [6.45, 7) is 1.65. The molecule has 1 aliphatic heterocycles. The zero-order valence-corrected chi connectivity index (χ0v) is 18.0. The van der Waals surface area contributed by atoms with Crippen LogP contribution in [0.15, 0.2) is 22.0 Å². The van der Waals surface area contributed by atoms with Crippen molar-refractivity contribution in [2.45, 2.75) is 19.4 Å². The van der Waals surface area contributed by atoms with Crippen molar-refractivity contribution >= 4 is 54.7 Å². The number of sulfone groups is 1. The summed E-state index contributed by atoms with van der Waals surface area (Å²) in [5.74, 6) is -0.0320. The van der Waals surface area contributed by atoms with Crippen LogP contribution in [0.3, 0.4) is 0 Å². The smallest absolute Gasteiger partial charge is 0.264 e. The molecule has 2 aromatic rings. The van der Waals surface area contributed by atoms with Crippen LogP contribution >= 0.6 is 27.3 Å². The Balaban J connectivity index is 1.67. The fraction of sp³-hybridized carbons (Fsp3) is 0.438. The van der Waals surface area contributed by atoms with Crippen LogP contribution < -0.4 is 5.32 Å². The predicted octanol–water partition coefficient (Wildman–Crippen LogP) is 2.09. The molecule has 1 N–H and O–H groups in total. The van der Waals surface area contributed by atoms with Crippen molar-refractivity contribution in [1.29, 1.82) is 0 Å². The number of halogens is 1. The summed E-state index contributed by atoms with van der Waals surface area (Å²) in [6.07, 6.45) is 0.470. The van der Waals surface area contributed by atoms with E-state index in [0.717, 1.165) is 3.79 Å². The molecule has 2 amide bonds. The van der Waals surface area contributed by atoms with Crippen LogP contribution in [0.25, 0.3) is 0 Å². The number of thiophene rings is 1. The van der Waals surface area contributed by atoms with Gasteiger partial charge < -0.3 is 10.2 Å². The van der Waals surface area contributed by atoms with E-state index in [0.29, 0.717) is 22.8 Å². The number of aryl methyl sites for hydroxylation is 1. The number of anilines is 1. The van der Waals surface area contributed by atoms with Crippen molar-refractivity contribution in [1.82, 2.24) is 14.7 Å². The number of carbonyl (C=O) groups is 2. The third kappa shape index (κ3) is 4.77. The average molecular weight is 475 g/mol. The Bertz CT molecular complexity index is 982. The molecule has 11 heteroatoms. The highest BCUT2D eigenvalue weighted by atomic mass is 79.9. The molecule has 3 rings (SSSR count). The highest BCUT2D eigenvalue weighted by Crippen LogP contribution is 2.27. The summed E-state index contributed by atoms with van der Waals surface area (Å²) in [4.78, 5) is 26.6. The summed E-state index contributed by atoms with van der Waals surface area (Å²) in [5.41, 5.74) is 0.683. The van der Waals surface area contributed by atoms with E-state index in [9.17, 15) is 18.0 Å². The number of hydrogen-bond donors (Lipinski definition) is 1. The second-order valence-corrected chi connectivity index (χ2v) is 11.2. The van der Waals surface area contributed by atoms with E-state index in [1.807, 2.05) is 0 Å².